The number of carboxylic acids is 1. The predicted octanol–water partition coefficient (Wildman–Crippen LogP) is 1.55. The lowest BCUT2D eigenvalue weighted by Crippen LogP contribution is -2.25. The van der Waals surface area contributed by atoms with Crippen LogP contribution in [0.25, 0.3) is 0 Å². The van der Waals surface area contributed by atoms with E-state index in [-0.39, 0.29) is 6.42 Å². The first kappa shape index (κ1) is 11.7. The Morgan fingerprint density at radius 1 is 1.60 bits per heavy atom. The maximum atomic E-state index is 11.1. The van der Waals surface area contributed by atoms with Crippen molar-refractivity contribution in [2.45, 2.75) is 12.8 Å². The molecule has 0 bridgehead atoms. The van der Waals surface area contributed by atoms with E-state index in [1.807, 2.05) is 17.5 Å². The van der Waals surface area contributed by atoms with Crippen molar-refractivity contribution < 1.29 is 19.4 Å². The van der Waals surface area contributed by atoms with Gasteiger partial charge >= 0.3 is 11.9 Å². The highest BCUT2D eigenvalue weighted by Crippen LogP contribution is 2.15. The lowest BCUT2D eigenvalue weighted by Gasteiger charge is -2.08. The molecule has 1 atom stereocenters. The van der Waals surface area contributed by atoms with Gasteiger partial charge in [-0.05, 0) is 24.3 Å². The summed E-state index contributed by atoms with van der Waals surface area (Å²) in [5.41, 5.74) is 0. The molecule has 0 amide bonds. The molecule has 1 unspecified atom stereocenters. The molecule has 1 heterocycles. The molecular formula is C10H12O4S. The predicted molar refractivity (Wildman–Crippen MR) is 55.8 cm³/mol. The minimum Gasteiger partial charge on any atom is -0.481 e. The number of aliphatic carboxylic acids is 1. The van der Waals surface area contributed by atoms with Gasteiger partial charge in [0.05, 0.1) is 7.11 Å². The Kier molecular flexibility index (Phi) is 4.30. The summed E-state index contributed by atoms with van der Waals surface area (Å²) in [6.45, 7) is 0. The third-order valence-corrected chi connectivity index (χ3v) is 2.98. The average molecular weight is 228 g/mol. The van der Waals surface area contributed by atoms with Crippen molar-refractivity contribution in [1.82, 2.24) is 0 Å². The quantitative estimate of drug-likeness (QED) is 0.613. The van der Waals surface area contributed by atoms with E-state index in [2.05, 4.69) is 4.74 Å². The van der Waals surface area contributed by atoms with Gasteiger partial charge in [-0.1, -0.05) is 6.07 Å². The highest BCUT2D eigenvalue weighted by atomic mass is 32.1. The van der Waals surface area contributed by atoms with Gasteiger partial charge in [0.2, 0.25) is 0 Å². The van der Waals surface area contributed by atoms with Crippen LogP contribution in [0.2, 0.25) is 0 Å². The summed E-state index contributed by atoms with van der Waals surface area (Å²) >= 11 is 1.55. The second-order valence-electron chi connectivity index (χ2n) is 3.03. The van der Waals surface area contributed by atoms with E-state index in [0.717, 1.165) is 4.88 Å². The Balaban J connectivity index is 2.52. The zero-order valence-corrected chi connectivity index (χ0v) is 9.12. The van der Waals surface area contributed by atoms with Crippen LogP contribution in [0.15, 0.2) is 17.5 Å². The molecule has 1 aromatic rings. The number of ether oxygens (including phenoxy) is 1. The zero-order chi connectivity index (χ0) is 11.3. The fraction of sp³-hybridized carbons (Fsp3) is 0.400. The SMILES string of the molecule is COC(=O)C(CCc1cccs1)C(=O)O. The molecule has 1 rings (SSSR count). The Labute approximate surface area is 91.5 Å². The molecule has 1 N–H and O–H groups in total. The fourth-order valence-corrected chi connectivity index (χ4v) is 1.95. The third kappa shape index (κ3) is 3.36. The highest BCUT2D eigenvalue weighted by Gasteiger charge is 2.26. The molecule has 0 fully saturated rings. The van der Waals surface area contributed by atoms with Gasteiger partial charge in [-0.15, -0.1) is 11.3 Å². The lowest BCUT2D eigenvalue weighted by molar-refractivity contribution is -0.156. The molecule has 0 radical (unpaired) electrons. The molecule has 0 saturated heterocycles. The van der Waals surface area contributed by atoms with Crippen LogP contribution in [-0.2, 0) is 20.7 Å². The van der Waals surface area contributed by atoms with Crippen molar-refractivity contribution in [3.05, 3.63) is 22.4 Å². The largest absolute Gasteiger partial charge is 0.481 e. The van der Waals surface area contributed by atoms with E-state index in [0.29, 0.717) is 6.42 Å². The van der Waals surface area contributed by atoms with E-state index in [1.165, 1.54) is 7.11 Å². The Morgan fingerprint density at radius 3 is 2.80 bits per heavy atom. The molecule has 4 nitrogen and oxygen atoms in total. The summed E-state index contributed by atoms with van der Waals surface area (Å²) in [6, 6.07) is 3.81. The number of esters is 1. The van der Waals surface area contributed by atoms with Crippen LogP contribution in [0.4, 0.5) is 0 Å². The van der Waals surface area contributed by atoms with Gasteiger partial charge < -0.3 is 9.84 Å². The van der Waals surface area contributed by atoms with Gasteiger partial charge in [0.1, 0.15) is 0 Å². The monoisotopic (exact) mass is 228 g/mol. The molecule has 0 saturated carbocycles. The van der Waals surface area contributed by atoms with Crippen LogP contribution < -0.4 is 0 Å². The summed E-state index contributed by atoms with van der Waals surface area (Å²) in [7, 11) is 1.20. The van der Waals surface area contributed by atoms with Crippen LogP contribution in [0.1, 0.15) is 11.3 Å². The summed E-state index contributed by atoms with van der Waals surface area (Å²) < 4.78 is 4.43. The van der Waals surface area contributed by atoms with Crippen LogP contribution in [0.3, 0.4) is 0 Å². The number of hydrogen-bond donors (Lipinski definition) is 1. The van der Waals surface area contributed by atoms with Crippen LogP contribution in [-0.4, -0.2) is 24.2 Å². The highest BCUT2D eigenvalue weighted by molar-refractivity contribution is 7.09. The smallest absolute Gasteiger partial charge is 0.320 e. The maximum absolute atomic E-state index is 11.1. The maximum Gasteiger partial charge on any atom is 0.320 e. The summed E-state index contributed by atoms with van der Waals surface area (Å²) in [6.07, 6.45) is 0.867. The van der Waals surface area contributed by atoms with Crippen molar-refractivity contribution in [3.63, 3.8) is 0 Å². The average Bonchev–Trinajstić information content (AvgIpc) is 2.70. The van der Waals surface area contributed by atoms with Crippen LogP contribution in [0, 0.1) is 5.92 Å². The van der Waals surface area contributed by atoms with Gasteiger partial charge in [0.25, 0.3) is 0 Å². The van der Waals surface area contributed by atoms with Crippen molar-refractivity contribution >= 4 is 23.3 Å². The molecule has 0 spiro atoms. The Hall–Kier alpha value is -1.36. The zero-order valence-electron chi connectivity index (χ0n) is 8.30. The molecule has 5 heteroatoms. The van der Waals surface area contributed by atoms with Crippen LogP contribution >= 0.6 is 11.3 Å². The number of methoxy groups -OCH3 is 1. The van der Waals surface area contributed by atoms with E-state index in [4.69, 9.17) is 5.11 Å². The summed E-state index contributed by atoms with van der Waals surface area (Å²) in [4.78, 5) is 22.9. The molecular weight excluding hydrogens is 216 g/mol. The number of aryl methyl sites for hydroxylation is 1. The second-order valence-corrected chi connectivity index (χ2v) is 4.06. The van der Waals surface area contributed by atoms with E-state index < -0.39 is 17.9 Å². The van der Waals surface area contributed by atoms with E-state index >= 15 is 0 Å². The van der Waals surface area contributed by atoms with Gasteiger partial charge in [0.15, 0.2) is 5.92 Å². The number of carbonyl (C=O) groups excluding carboxylic acids is 1. The van der Waals surface area contributed by atoms with Crippen molar-refractivity contribution in [2.75, 3.05) is 7.11 Å². The number of carboxylic acid groups (broad SMARTS) is 1. The lowest BCUT2D eigenvalue weighted by atomic mass is 10.0. The Morgan fingerprint density at radius 2 is 2.33 bits per heavy atom. The summed E-state index contributed by atoms with van der Waals surface area (Å²) in [5.74, 6) is -2.87. The molecule has 0 aliphatic rings. The van der Waals surface area contributed by atoms with Gasteiger partial charge in [-0.3, -0.25) is 9.59 Å². The Bertz CT molecular complexity index is 331. The van der Waals surface area contributed by atoms with E-state index in [1.54, 1.807) is 11.3 Å². The van der Waals surface area contributed by atoms with Crippen LogP contribution in [0.5, 0.6) is 0 Å². The molecule has 0 aliphatic heterocycles. The number of rotatable bonds is 5. The minimum absolute atomic E-state index is 0.280. The first-order chi connectivity index (χ1) is 7.15. The molecule has 0 aromatic carbocycles. The molecule has 1 aromatic heterocycles. The van der Waals surface area contributed by atoms with Crippen molar-refractivity contribution in [3.8, 4) is 0 Å². The first-order valence-corrected chi connectivity index (χ1v) is 5.36. The molecule has 15 heavy (non-hydrogen) atoms. The molecule has 0 aliphatic carbocycles. The van der Waals surface area contributed by atoms with Gasteiger partial charge in [-0.25, -0.2) is 0 Å². The van der Waals surface area contributed by atoms with Crippen molar-refractivity contribution in [1.29, 1.82) is 0 Å². The van der Waals surface area contributed by atoms with Gasteiger partial charge in [0, 0.05) is 4.88 Å². The topological polar surface area (TPSA) is 63.6 Å². The van der Waals surface area contributed by atoms with E-state index in [9.17, 15) is 9.59 Å². The second kappa shape index (κ2) is 5.50. The number of carbonyl (C=O) groups is 2. The van der Waals surface area contributed by atoms with Gasteiger partial charge in [-0.2, -0.15) is 0 Å². The number of thiophene rings is 1. The number of hydrogen-bond acceptors (Lipinski definition) is 4. The fourth-order valence-electron chi connectivity index (χ4n) is 1.23. The minimum atomic E-state index is -1.13. The first-order valence-electron chi connectivity index (χ1n) is 4.48. The normalized spacial score (nSPS) is 12.1. The molecule has 82 valence electrons. The van der Waals surface area contributed by atoms with Crippen molar-refractivity contribution in [2.24, 2.45) is 5.92 Å². The standard InChI is InChI=1S/C10H12O4S/c1-14-10(13)8(9(11)12)5-4-7-3-2-6-15-7/h2-3,6,8H,4-5H2,1H3,(H,11,12). The third-order valence-electron chi connectivity index (χ3n) is 2.04. The summed E-state index contributed by atoms with van der Waals surface area (Å²) in [5, 5.41) is 10.7.